The fourth-order valence-electron chi connectivity index (χ4n) is 5.65. The van der Waals surface area contributed by atoms with E-state index in [1.54, 1.807) is 0 Å². The summed E-state index contributed by atoms with van der Waals surface area (Å²) in [6, 6.07) is 13.7. The van der Waals surface area contributed by atoms with Gasteiger partial charge < -0.3 is 4.74 Å². The van der Waals surface area contributed by atoms with E-state index in [1.807, 2.05) is 47.6 Å². The number of benzene rings is 1. The van der Waals surface area contributed by atoms with Gasteiger partial charge in [0.15, 0.2) is 0 Å². The predicted octanol–water partition coefficient (Wildman–Crippen LogP) is 5.27. The van der Waals surface area contributed by atoms with Crippen LogP contribution in [0.1, 0.15) is 65.5 Å². The van der Waals surface area contributed by atoms with Crippen molar-refractivity contribution in [3.05, 3.63) is 70.5 Å². The molecule has 0 spiro atoms. The number of nitrogens with zero attached hydrogens (tertiary/aromatic N) is 5. The van der Waals surface area contributed by atoms with Crippen LogP contribution in [0.15, 0.2) is 42.5 Å². The van der Waals surface area contributed by atoms with Gasteiger partial charge in [0.2, 0.25) is 0 Å². The molecule has 1 aromatic carbocycles. The fraction of sp³-hybridized carbons (Fsp3) is 0.379. The van der Waals surface area contributed by atoms with Gasteiger partial charge in [0.05, 0.1) is 29.2 Å². The molecule has 0 aliphatic heterocycles. The first-order valence-corrected chi connectivity index (χ1v) is 13.0. The number of aromatic nitrogens is 5. The summed E-state index contributed by atoms with van der Waals surface area (Å²) in [7, 11) is 2.04. The van der Waals surface area contributed by atoms with E-state index in [-0.39, 0.29) is 5.97 Å². The summed E-state index contributed by atoms with van der Waals surface area (Å²) in [5.74, 6) is -0.301. The molecule has 36 heavy (non-hydrogen) atoms. The summed E-state index contributed by atoms with van der Waals surface area (Å²) in [5, 5.41) is 9.95. The van der Waals surface area contributed by atoms with Crippen molar-refractivity contribution in [3.63, 3.8) is 0 Å². The van der Waals surface area contributed by atoms with Crippen molar-refractivity contribution < 1.29 is 9.53 Å². The van der Waals surface area contributed by atoms with E-state index in [2.05, 4.69) is 18.2 Å². The van der Waals surface area contributed by atoms with E-state index in [9.17, 15) is 4.79 Å². The Balaban J connectivity index is 1.40. The Morgan fingerprint density at radius 3 is 2.14 bits per heavy atom. The third-order valence-electron chi connectivity index (χ3n) is 7.40. The standard InChI is InChI=1S/C29H31N5O2/c1-3-36-29(35)19-15-17-20(18-16-19)34-26-14-7-5-10-22(26)28(32-34)24-12-8-11-23(30-24)27-21-9-4-6-13-25(21)33(2)31-27/h8,11-12,15-18H,3-7,9-10,13-14H2,1-2H3. The van der Waals surface area contributed by atoms with E-state index >= 15 is 0 Å². The molecule has 2 aliphatic carbocycles. The lowest BCUT2D eigenvalue weighted by Crippen LogP contribution is -2.08. The molecule has 3 aromatic heterocycles. The maximum Gasteiger partial charge on any atom is 0.338 e. The monoisotopic (exact) mass is 481 g/mol. The summed E-state index contributed by atoms with van der Waals surface area (Å²) >= 11 is 0. The smallest absolute Gasteiger partial charge is 0.338 e. The normalized spacial score (nSPS) is 14.8. The molecule has 0 bridgehead atoms. The SMILES string of the molecule is CCOC(=O)c1ccc(-n2nc(-c3cccc(-c4nn(C)c5c4CCCC5)n3)c3c2CCCC3)cc1. The van der Waals surface area contributed by atoms with Crippen LogP contribution in [0.3, 0.4) is 0 Å². The van der Waals surface area contributed by atoms with Crippen molar-refractivity contribution in [1.82, 2.24) is 24.5 Å². The van der Waals surface area contributed by atoms with Crippen LogP contribution in [0.4, 0.5) is 0 Å². The third-order valence-corrected chi connectivity index (χ3v) is 7.40. The van der Waals surface area contributed by atoms with Crippen molar-refractivity contribution in [2.45, 2.75) is 58.3 Å². The number of hydrogen-bond donors (Lipinski definition) is 0. The average molecular weight is 482 g/mol. The molecule has 184 valence electrons. The molecule has 7 nitrogen and oxygen atoms in total. The molecule has 0 atom stereocenters. The zero-order chi connectivity index (χ0) is 24.6. The first-order valence-electron chi connectivity index (χ1n) is 13.0. The van der Waals surface area contributed by atoms with Gasteiger partial charge in [-0.15, -0.1) is 0 Å². The van der Waals surface area contributed by atoms with E-state index < -0.39 is 0 Å². The van der Waals surface area contributed by atoms with Crippen molar-refractivity contribution in [2.75, 3.05) is 6.61 Å². The second kappa shape index (κ2) is 9.37. The Bertz CT molecular complexity index is 1430. The number of ether oxygens (including phenoxy) is 1. The van der Waals surface area contributed by atoms with Gasteiger partial charge in [-0.05, 0) is 94.7 Å². The molecule has 0 unspecified atom stereocenters. The van der Waals surface area contributed by atoms with Crippen LogP contribution in [0, 0.1) is 0 Å². The Labute approximate surface area is 211 Å². The van der Waals surface area contributed by atoms with Gasteiger partial charge in [-0.3, -0.25) is 4.68 Å². The molecule has 2 aliphatic rings. The number of hydrogen-bond acceptors (Lipinski definition) is 5. The highest BCUT2D eigenvalue weighted by atomic mass is 16.5. The van der Waals surface area contributed by atoms with Gasteiger partial charge in [-0.1, -0.05) is 6.07 Å². The largest absolute Gasteiger partial charge is 0.462 e. The maximum absolute atomic E-state index is 12.1. The minimum absolute atomic E-state index is 0.301. The van der Waals surface area contributed by atoms with E-state index in [0.29, 0.717) is 12.2 Å². The molecule has 0 N–H and O–H groups in total. The Morgan fingerprint density at radius 2 is 1.44 bits per heavy atom. The van der Waals surface area contributed by atoms with Crippen LogP contribution in [0.5, 0.6) is 0 Å². The van der Waals surface area contributed by atoms with Crippen LogP contribution < -0.4 is 0 Å². The quantitative estimate of drug-likeness (QED) is 0.363. The maximum atomic E-state index is 12.1. The molecular weight excluding hydrogens is 450 g/mol. The zero-order valence-electron chi connectivity index (χ0n) is 21.0. The average Bonchev–Trinajstić information content (AvgIpc) is 3.48. The number of carbonyl (C=O) groups is 1. The molecule has 0 saturated heterocycles. The van der Waals surface area contributed by atoms with Crippen LogP contribution >= 0.6 is 0 Å². The Hall–Kier alpha value is -3.74. The van der Waals surface area contributed by atoms with Gasteiger partial charge in [0, 0.05) is 29.6 Å². The summed E-state index contributed by atoms with van der Waals surface area (Å²) in [4.78, 5) is 17.2. The third kappa shape index (κ3) is 3.92. The van der Waals surface area contributed by atoms with E-state index in [1.165, 1.54) is 35.4 Å². The van der Waals surface area contributed by atoms with Gasteiger partial charge in [-0.2, -0.15) is 10.2 Å². The van der Waals surface area contributed by atoms with Gasteiger partial charge in [0.25, 0.3) is 0 Å². The summed E-state index contributed by atoms with van der Waals surface area (Å²) in [6.45, 7) is 2.18. The van der Waals surface area contributed by atoms with Gasteiger partial charge in [0.1, 0.15) is 11.4 Å². The van der Waals surface area contributed by atoms with Crippen LogP contribution in [0.2, 0.25) is 0 Å². The lowest BCUT2D eigenvalue weighted by atomic mass is 9.94. The number of esters is 1. The number of carbonyl (C=O) groups excluding carboxylic acids is 1. The fourth-order valence-corrected chi connectivity index (χ4v) is 5.65. The van der Waals surface area contributed by atoms with E-state index in [0.717, 1.165) is 67.0 Å². The summed E-state index contributed by atoms with van der Waals surface area (Å²) in [6.07, 6.45) is 8.86. The molecule has 0 radical (unpaired) electrons. The van der Waals surface area contributed by atoms with Gasteiger partial charge >= 0.3 is 5.97 Å². The minimum atomic E-state index is -0.301. The van der Waals surface area contributed by atoms with E-state index in [4.69, 9.17) is 19.9 Å². The van der Waals surface area contributed by atoms with Crippen molar-refractivity contribution in [3.8, 4) is 28.5 Å². The molecule has 0 fully saturated rings. The number of fused-ring (bicyclic) bond motifs is 2. The van der Waals surface area contributed by atoms with Crippen molar-refractivity contribution in [2.24, 2.45) is 7.05 Å². The van der Waals surface area contributed by atoms with Crippen molar-refractivity contribution in [1.29, 1.82) is 0 Å². The predicted molar refractivity (Wildman–Crippen MR) is 138 cm³/mol. The van der Waals surface area contributed by atoms with Crippen LogP contribution in [-0.4, -0.2) is 37.1 Å². The first-order chi connectivity index (χ1) is 17.6. The minimum Gasteiger partial charge on any atom is -0.462 e. The highest BCUT2D eigenvalue weighted by Crippen LogP contribution is 2.34. The lowest BCUT2D eigenvalue weighted by molar-refractivity contribution is 0.0526. The summed E-state index contributed by atoms with van der Waals surface area (Å²) < 4.78 is 9.21. The summed E-state index contributed by atoms with van der Waals surface area (Å²) in [5.41, 5.74) is 10.5. The Morgan fingerprint density at radius 1 is 0.833 bits per heavy atom. The molecule has 6 rings (SSSR count). The topological polar surface area (TPSA) is 74.8 Å². The number of pyridine rings is 1. The Kier molecular flexibility index (Phi) is 5.91. The first kappa shape index (κ1) is 22.7. The highest BCUT2D eigenvalue weighted by molar-refractivity contribution is 5.89. The number of rotatable bonds is 5. The van der Waals surface area contributed by atoms with Crippen LogP contribution in [-0.2, 0) is 37.5 Å². The molecule has 3 heterocycles. The lowest BCUT2D eigenvalue weighted by Gasteiger charge is -2.14. The zero-order valence-corrected chi connectivity index (χ0v) is 21.0. The number of aryl methyl sites for hydroxylation is 1. The van der Waals surface area contributed by atoms with Crippen LogP contribution in [0.25, 0.3) is 28.5 Å². The molecule has 7 heteroatoms. The molecule has 0 saturated carbocycles. The molecule has 0 amide bonds. The second-order valence-corrected chi connectivity index (χ2v) is 9.67. The molecule has 4 aromatic rings. The molecular formula is C29H31N5O2. The highest BCUT2D eigenvalue weighted by Gasteiger charge is 2.25. The van der Waals surface area contributed by atoms with Gasteiger partial charge in [-0.25, -0.2) is 14.5 Å². The second-order valence-electron chi connectivity index (χ2n) is 9.67. The van der Waals surface area contributed by atoms with Crippen molar-refractivity contribution >= 4 is 5.97 Å².